The normalized spacial score (nSPS) is 12.5. The molecule has 0 aromatic heterocycles. The second-order valence-corrected chi connectivity index (χ2v) is 8.65. The summed E-state index contributed by atoms with van der Waals surface area (Å²) >= 11 is 5.78. The Balaban J connectivity index is 1.85. The highest BCUT2D eigenvalue weighted by Crippen LogP contribution is 2.18. The largest absolute Gasteiger partial charge is 0.497 e. The quantitative estimate of drug-likeness (QED) is 0.666. The summed E-state index contributed by atoms with van der Waals surface area (Å²) in [7, 11) is -0.848. The predicted octanol–water partition coefficient (Wildman–Crippen LogP) is 2.55. The Bertz CT molecular complexity index is 886. The van der Waals surface area contributed by atoms with Gasteiger partial charge in [0.25, 0.3) is 0 Å². The van der Waals surface area contributed by atoms with Crippen molar-refractivity contribution < 1.29 is 22.7 Å². The van der Waals surface area contributed by atoms with Gasteiger partial charge in [0.1, 0.15) is 18.1 Å². The summed E-state index contributed by atoms with van der Waals surface area (Å²) < 4.78 is 36.7. The maximum atomic E-state index is 12.5. The van der Waals surface area contributed by atoms with Crippen LogP contribution in [0.15, 0.2) is 53.4 Å². The number of amides is 1. The topological polar surface area (TPSA) is 84.9 Å². The van der Waals surface area contributed by atoms with E-state index in [1.54, 1.807) is 38.3 Å². The minimum Gasteiger partial charge on any atom is -0.497 e. The van der Waals surface area contributed by atoms with E-state index < -0.39 is 15.9 Å². The summed E-state index contributed by atoms with van der Waals surface area (Å²) in [4.78, 5) is 12.3. The third kappa shape index (κ3) is 6.12. The van der Waals surface area contributed by atoms with E-state index >= 15 is 0 Å². The maximum absolute atomic E-state index is 12.5. The number of sulfonamides is 1. The number of nitrogens with one attached hydrogen (secondary N) is 1. The number of methoxy groups -OCH3 is 1. The number of nitrogens with zero attached hydrogens (tertiary/aromatic N) is 1. The minimum atomic E-state index is -3.78. The lowest BCUT2D eigenvalue weighted by atomic mass is 10.3. The van der Waals surface area contributed by atoms with Gasteiger partial charge in [0.05, 0.1) is 24.6 Å². The maximum Gasteiger partial charge on any atom is 0.243 e. The summed E-state index contributed by atoms with van der Waals surface area (Å²) in [6, 6.07) is 12.5. The van der Waals surface area contributed by atoms with Crippen molar-refractivity contribution in [3.8, 4) is 11.5 Å². The number of halogens is 1. The van der Waals surface area contributed by atoms with E-state index in [0.717, 1.165) is 10.1 Å². The molecule has 152 valence electrons. The minimum absolute atomic E-state index is 0.0723. The van der Waals surface area contributed by atoms with E-state index in [0.29, 0.717) is 10.8 Å². The zero-order chi connectivity index (χ0) is 20.7. The molecule has 0 unspecified atom stereocenters. The van der Waals surface area contributed by atoms with Crippen molar-refractivity contribution in [1.82, 2.24) is 9.62 Å². The molecular formula is C19H23ClN2O5S. The fourth-order valence-electron chi connectivity index (χ4n) is 2.33. The Morgan fingerprint density at radius 2 is 1.68 bits per heavy atom. The van der Waals surface area contributed by atoms with E-state index in [2.05, 4.69) is 5.32 Å². The third-order valence-electron chi connectivity index (χ3n) is 3.85. The summed E-state index contributed by atoms with van der Waals surface area (Å²) in [5.41, 5.74) is 0. The number of hydrogen-bond donors (Lipinski definition) is 1. The molecule has 0 heterocycles. The molecule has 0 saturated heterocycles. The molecule has 7 nitrogen and oxygen atoms in total. The van der Waals surface area contributed by atoms with E-state index in [9.17, 15) is 13.2 Å². The first-order chi connectivity index (χ1) is 13.2. The van der Waals surface area contributed by atoms with Gasteiger partial charge in [-0.2, -0.15) is 4.31 Å². The summed E-state index contributed by atoms with van der Waals surface area (Å²) in [6.07, 6.45) is 0. The lowest BCUT2D eigenvalue weighted by Crippen LogP contribution is -2.43. The van der Waals surface area contributed by atoms with Gasteiger partial charge >= 0.3 is 0 Å². The smallest absolute Gasteiger partial charge is 0.243 e. The van der Waals surface area contributed by atoms with Crippen molar-refractivity contribution in [2.75, 3.05) is 27.3 Å². The molecule has 0 bridgehead atoms. The Morgan fingerprint density at radius 1 is 1.11 bits per heavy atom. The van der Waals surface area contributed by atoms with Crippen LogP contribution >= 0.6 is 11.6 Å². The average molecular weight is 427 g/mol. The molecule has 2 rings (SSSR count). The molecule has 28 heavy (non-hydrogen) atoms. The van der Waals surface area contributed by atoms with E-state index in [-0.39, 0.29) is 24.1 Å². The van der Waals surface area contributed by atoms with Crippen LogP contribution in [0.2, 0.25) is 5.02 Å². The van der Waals surface area contributed by atoms with Crippen molar-refractivity contribution in [1.29, 1.82) is 0 Å². The van der Waals surface area contributed by atoms with Crippen LogP contribution in [0, 0.1) is 0 Å². The highest BCUT2D eigenvalue weighted by atomic mass is 35.5. The van der Waals surface area contributed by atoms with Gasteiger partial charge in [-0.1, -0.05) is 11.6 Å². The van der Waals surface area contributed by atoms with E-state index in [1.165, 1.54) is 31.3 Å². The Labute approximate surface area is 170 Å². The highest BCUT2D eigenvalue weighted by molar-refractivity contribution is 7.89. The van der Waals surface area contributed by atoms with Crippen LogP contribution in [0.5, 0.6) is 11.5 Å². The van der Waals surface area contributed by atoms with Gasteiger partial charge in [0.15, 0.2) is 0 Å². The van der Waals surface area contributed by atoms with Crippen LogP contribution in [-0.4, -0.2) is 52.0 Å². The number of likely N-dealkylation sites (N-methyl/N-ethyl adjacent to an activating group) is 1. The molecule has 2 aromatic carbocycles. The third-order valence-corrected chi connectivity index (χ3v) is 5.92. The van der Waals surface area contributed by atoms with Crippen molar-refractivity contribution in [2.24, 2.45) is 0 Å². The number of rotatable bonds is 9. The molecular weight excluding hydrogens is 404 g/mol. The molecule has 0 aliphatic carbocycles. The van der Waals surface area contributed by atoms with Gasteiger partial charge in [-0.25, -0.2) is 8.42 Å². The molecule has 1 amide bonds. The molecule has 0 aliphatic rings. The second-order valence-electron chi connectivity index (χ2n) is 6.17. The fourth-order valence-corrected chi connectivity index (χ4v) is 3.58. The molecule has 2 aromatic rings. The molecule has 0 saturated carbocycles. The van der Waals surface area contributed by atoms with E-state index in [4.69, 9.17) is 21.1 Å². The van der Waals surface area contributed by atoms with Gasteiger partial charge in [-0.15, -0.1) is 0 Å². The van der Waals surface area contributed by atoms with Gasteiger partial charge in [0, 0.05) is 12.1 Å². The highest BCUT2D eigenvalue weighted by Gasteiger charge is 2.23. The lowest BCUT2D eigenvalue weighted by molar-refractivity contribution is -0.121. The summed E-state index contributed by atoms with van der Waals surface area (Å²) in [5.74, 6) is 0.939. The average Bonchev–Trinajstić information content (AvgIpc) is 2.67. The molecule has 0 fully saturated rings. The van der Waals surface area contributed by atoms with Crippen molar-refractivity contribution >= 4 is 27.5 Å². The van der Waals surface area contributed by atoms with Crippen LogP contribution in [0.4, 0.5) is 0 Å². The van der Waals surface area contributed by atoms with Gasteiger partial charge in [-0.05, 0) is 55.5 Å². The zero-order valence-electron chi connectivity index (χ0n) is 15.9. The zero-order valence-corrected chi connectivity index (χ0v) is 17.5. The summed E-state index contributed by atoms with van der Waals surface area (Å²) in [6.45, 7) is 1.71. The molecule has 0 radical (unpaired) electrons. The Kier molecular flexibility index (Phi) is 7.68. The Hall–Kier alpha value is -2.29. The molecule has 9 heteroatoms. The number of hydrogen-bond acceptors (Lipinski definition) is 5. The summed E-state index contributed by atoms with van der Waals surface area (Å²) in [5, 5.41) is 3.16. The van der Waals surface area contributed by atoms with Crippen molar-refractivity contribution in [3.05, 3.63) is 53.6 Å². The van der Waals surface area contributed by atoms with Gasteiger partial charge in [-0.3, -0.25) is 4.79 Å². The number of carbonyl (C=O) groups excluding carboxylic acids is 1. The van der Waals surface area contributed by atoms with Crippen LogP contribution in [0.3, 0.4) is 0 Å². The van der Waals surface area contributed by atoms with Crippen LogP contribution in [0.1, 0.15) is 6.92 Å². The molecule has 1 N–H and O–H groups in total. The van der Waals surface area contributed by atoms with Crippen LogP contribution < -0.4 is 14.8 Å². The Morgan fingerprint density at radius 3 is 2.25 bits per heavy atom. The SMILES string of the molecule is COc1ccc(OC[C@@H](C)NC(=O)CN(C)S(=O)(=O)c2ccc(Cl)cc2)cc1. The predicted molar refractivity (Wildman–Crippen MR) is 107 cm³/mol. The standard InChI is InChI=1S/C19H23ClN2O5S/c1-14(13-27-17-8-6-16(26-3)7-9-17)21-19(23)12-22(2)28(24,25)18-10-4-15(20)5-11-18/h4-11,14H,12-13H2,1-3H3,(H,21,23)/t14-/m1/s1. The molecule has 0 spiro atoms. The van der Waals surface area contributed by atoms with Gasteiger partial charge in [0.2, 0.25) is 15.9 Å². The van der Waals surface area contributed by atoms with Crippen LogP contribution in [-0.2, 0) is 14.8 Å². The van der Waals surface area contributed by atoms with E-state index in [1.807, 2.05) is 0 Å². The monoisotopic (exact) mass is 426 g/mol. The first kappa shape index (κ1) is 22.0. The molecule has 1 atom stereocenters. The fraction of sp³-hybridized carbons (Fsp3) is 0.316. The molecule has 0 aliphatic heterocycles. The first-order valence-electron chi connectivity index (χ1n) is 8.50. The van der Waals surface area contributed by atoms with Crippen molar-refractivity contribution in [2.45, 2.75) is 17.9 Å². The first-order valence-corrected chi connectivity index (χ1v) is 10.3. The number of carbonyl (C=O) groups is 1. The number of benzene rings is 2. The van der Waals surface area contributed by atoms with Crippen LogP contribution in [0.25, 0.3) is 0 Å². The lowest BCUT2D eigenvalue weighted by Gasteiger charge is -2.19. The van der Waals surface area contributed by atoms with Gasteiger partial charge < -0.3 is 14.8 Å². The number of ether oxygens (including phenoxy) is 2. The second kappa shape index (κ2) is 9.77. The van der Waals surface area contributed by atoms with Crippen molar-refractivity contribution in [3.63, 3.8) is 0 Å².